The van der Waals surface area contributed by atoms with Crippen molar-refractivity contribution >= 4 is 22.5 Å². The molecule has 0 amide bonds. The van der Waals surface area contributed by atoms with Crippen molar-refractivity contribution in [1.29, 1.82) is 5.26 Å². The molecule has 3 heterocycles. The van der Waals surface area contributed by atoms with E-state index in [0.29, 0.717) is 24.5 Å². The molecule has 2 N–H and O–H groups in total. The lowest BCUT2D eigenvalue weighted by molar-refractivity contribution is 0.618. The molecule has 4 rings (SSSR count). The van der Waals surface area contributed by atoms with Gasteiger partial charge in [0.25, 0.3) is 0 Å². The number of nitrogens with one attached hydrogen (secondary N) is 2. The predicted octanol–water partition coefficient (Wildman–Crippen LogP) is 3.62. The van der Waals surface area contributed by atoms with Crippen molar-refractivity contribution in [2.45, 2.75) is 13.0 Å². The summed E-state index contributed by atoms with van der Waals surface area (Å²) in [5.41, 5.74) is 2.53. The highest BCUT2D eigenvalue weighted by molar-refractivity contribution is 5.83. The summed E-state index contributed by atoms with van der Waals surface area (Å²) in [6.45, 7) is 0.449. The second-order valence-corrected chi connectivity index (χ2v) is 5.70. The van der Waals surface area contributed by atoms with E-state index in [2.05, 4.69) is 31.4 Å². The van der Waals surface area contributed by atoms with E-state index in [4.69, 9.17) is 5.26 Å². The highest BCUT2D eigenvalue weighted by atomic mass is 19.1. The van der Waals surface area contributed by atoms with Crippen molar-refractivity contribution in [3.8, 4) is 17.3 Å². The van der Waals surface area contributed by atoms with Gasteiger partial charge in [-0.25, -0.2) is 14.4 Å². The lowest BCUT2D eigenvalue weighted by Crippen LogP contribution is -2.00. The number of hydrogen-bond acceptors (Lipinski definition) is 5. The van der Waals surface area contributed by atoms with Crippen LogP contribution in [0, 0.1) is 17.1 Å². The molecule has 0 saturated carbocycles. The quantitative estimate of drug-likeness (QED) is 0.575. The molecule has 0 aliphatic rings. The highest BCUT2D eigenvalue weighted by Gasteiger charge is 2.12. The first-order chi connectivity index (χ1) is 12.7. The molecule has 0 bridgehead atoms. The van der Waals surface area contributed by atoms with Crippen LogP contribution in [-0.2, 0) is 6.54 Å². The van der Waals surface area contributed by atoms with Gasteiger partial charge in [0.05, 0.1) is 31.4 Å². The Morgan fingerprint density at radius 3 is 3.08 bits per heavy atom. The van der Waals surface area contributed by atoms with E-state index in [0.717, 1.165) is 22.8 Å². The number of aromatic amines is 1. The number of nitrogens with zero attached hydrogens (tertiary/aromatic N) is 5. The fourth-order valence-electron chi connectivity index (χ4n) is 2.66. The van der Waals surface area contributed by atoms with Crippen LogP contribution in [0.3, 0.4) is 0 Å². The summed E-state index contributed by atoms with van der Waals surface area (Å²) in [7, 11) is 0. The van der Waals surface area contributed by atoms with E-state index in [1.54, 1.807) is 10.9 Å². The molecule has 1 aromatic carbocycles. The average Bonchev–Trinajstić information content (AvgIpc) is 3.30. The maximum atomic E-state index is 14.2. The maximum absolute atomic E-state index is 14.2. The number of hydrogen-bond donors (Lipinski definition) is 2. The Kier molecular flexibility index (Phi) is 4.03. The van der Waals surface area contributed by atoms with E-state index in [1.807, 2.05) is 30.5 Å². The molecule has 3 aromatic heterocycles. The topological polar surface area (TPSA) is 95.2 Å². The first-order valence-corrected chi connectivity index (χ1v) is 7.99. The minimum atomic E-state index is -0.531. The summed E-state index contributed by atoms with van der Waals surface area (Å²) < 4.78 is 15.8. The van der Waals surface area contributed by atoms with Crippen molar-refractivity contribution in [1.82, 2.24) is 24.7 Å². The van der Waals surface area contributed by atoms with Crippen molar-refractivity contribution in [2.75, 3.05) is 5.32 Å². The van der Waals surface area contributed by atoms with Crippen LogP contribution in [0.15, 0.2) is 49.1 Å². The van der Waals surface area contributed by atoms with Crippen LogP contribution < -0.4 is 5.32 Å². The molecule has 0 saturated heterocycles. The summed E-state index contributed by atoms with van der Waals surface area (Å²) >= 11 is 0. The number of anilines is 2. The van der Waals surface area contributed by atoms with E-state index in [1.165, 1.54) is 6.20 Å². The molecule has 8 heteroatoms. The van der Waals surface area contributed by atoms with Crippen LogP contribution in [0.1, 0.15) is 6.42 Å². The largest absolute Gasteiger partial charge is 0.361 e. The first kappa shape index (κ1) is 15.8. The lowest BCUT2D eigenvalue weighted by atomic mass is 10.2. The molecule has 26 heavy (non-hydrogen) atoms. The van der Waals surface area contributed by atoms with Gasteiger partial charge in [0, 0.05) is 34.5 Å². The fourth-order valence-corrected chi connectivity index (χ4v) is 2.66. The number of H-pyrrole nitrogens is 1. The van der Waals surface area contributed by atoms with Gasteiger partial charge < -0.3 is 10.3 Å². The van der Waals surface area contributed by atoms with E-state index < -0.39 is 5.82 Å². The van der Waals surface area contributed by atoms with E-state index >= 15 is 0 Å². The zero-order valence-corrected chi connectivity index (χ0v) is 13.6. The Bertz CT molecular complexity index is 1110. The fraction of sp³-hybridized carbons (Fsp3) is 0.111. The molecule has 0 radical (unpaired) electrons. The molecule has 0 spiro atoms. The van der Waals surface area contributed by atoms with Gasteiger partial charge in [-0.15, -0.1) is 0 Å². The Balaban J connectivity index is 1.61. The third kappa shape index (κ3) is 3.10. The van der Waals surface area contributed by atoms with Crippen LogP contribution in [-0.4, -0.2) is 24.7 Å². The van der Waals surface area contributed by atoms with Gasteiger partial charge in [0.15, 0.2) is 5.82 Å². The SMILES string of the molecule is N#CCCn1cc(-c2nc(Nc3ccc4[nH]ccc4c3)ncc2F)cn1. The van der Waals surface area contributed by atoms with Crippen LogP contribution in [0.25, 0.3) is 22.2 Å². The number of aryl methyl sites for hydroxylation is 1. The summed E-state index contributed by atoms with van der Waals surface area (Å²) in [4.78, 5) is 11.4. The smallest absolute Gasteiger partial charge is 0.227 e. The average molecular weight is 347 g/mol. The lowest BCUT2D eigenvalue weighted by Gasteiger charge is -2.07. The van der Waals surface area contributed by atoms with Crippen LogP contribution in [0.5, 0.6) is 0 Å². The van der Waals surface area contributed by atoms with E-state index in [9.17, 15) is 4.39 Å². The number of benzene rings is 1. The minimum absolute atomic E-state index is 0.161. The second-order valence-electron chi connectivity index (χ2n) is 5.70. The van der Waals surface area contributed by atoms with Crippen molar-refractivity contribution in [2.24, 2.45) is 0 Å². The second kappa shape index (κ2) is 6.64. The number of aromatic nitrogens is 5. The molecular weight excluding hydrogens is 333 g/mol. The number of halogens is 1. The van der Waals surface area contributed by atoms with Gasteiger partial charge in [-0.3, -0.25) is 4.68 Å². The number of nitriles is 1. The number of rotatable bonds is 5. The van der Waals surface area contributed by atoms with Crippen LogP contribution in [0.4, 0.5) is 16.0 Å². The van der Waals surface area contributed by atoms with Gasteiger partial charge in [-0.2, -0.15) is 10.4 Å². The molecule has 7 nitrogen and oxygen atoms in total. The van der Waals surface area contributed by atoms with Crippen molar-refractivity contribution in [3.05, 3.63) is 54.9 Å². The van der Waals surface area contributed by atoms with Gasteiger partial charge in [-0.1, -0.05) is 0 Å². The first-order valence-electron chi connectivity index (χ1n) is 7.99. The van der Waals surface area contributed by atoms with E-state index in [-0.39, 0.29) is 5.69 Å². The van der Waals surface area contributed by atoms with Gasteiger partial charge in [0.2, 0.25) is 5.95 Å². The summed E-state index contributed by atoms with van der Waals surface area (Å²) in [5.74, 6) is -0.238. The van der Waals surface area contributed by atoms with Gasteiger partial charge in [-0.05, 0) is 24.3 Å². The summed E-state index contributed by atoms with van der Waals surface area (Å²) in [5, 5.41) is 16.9. The maximum Gasteiger partial charge on any atom is 0.227 e. The molecule has 0 fully saturated rings. The molecule has 4 aromatic rings. The Morgan fingerprint density at radius 2 is 2.19 bits per heavy atom. The summed E-state index contributed by atoms with van der Waals surface area (Å²) in [6.07, 6.45) is 6.52. The molecule has 128 valence electrons. The van der Waals surface area contributed by atoms with Crippen molar-refractivity contribution in [3.63, 3.8) is 0 Å². The van der Waals surface area contributed by atoms with Crippen LogP contribution in [0.2, 0.25) is 0 Å². The molecular formula is C18H14FN7. The summed E-state index contributed by atoms with van der Waals surface area (Å²) in [6, 6.07) is 9.81. The molecule has 0 aliphatic heterocycles. The Labute approximate surface area is 148 Å². The Hall–Kier alpha value is -3.73. The third-order valence-corrected chi connectivity index (χ3v) is 3.91. The normalized spacial score (nSPS) is 10.8. The van der Waals surface area contributed by atoms with Crippen molar-refractivity contribution < 1.29 is 4.39 Å². The molecule has 0 unspecified atom stereocenters. The zero-order chi connectivity index (χ0) is 17.9. The predicted molar refractivity (Wildman–Crippen MR) is 95.0 cm³/mol. The van der Waals surface area contributed by atoms with Gasteiger partial charge >= 0.3 is 0 Å². The van der Waals surface area contributed by atoms with Crippen LogP contribution >= 0.6 is 0 Å². The third-order valence-electron chi connectivity index (χ3n) is 3.91. The molecule has 0 atom stereocenters. The number of fused-ring (bicyclic) bond motifs is 1. The van der Waals surface area contributed by atoms with Gasteiger partial charge in [0.1, 0.15) is 5.69 Å². The molecule has 0 aliphatic carbocycles. The highest BCUT2D eigenvalue weighted by Crippen LogP contribution is 2.24. The Morgan fingerprint density at radius 1 is 1.27 bits per heavy atom. The monoisotopic (exact) mass is 347 g/mol. The zero-order valence-electron chi connectivity index (χ0n) is 13.6. The standard InChI is InChI=1S/C18H14FN7/c19-15-10-22-18(24-14-2-3-16-12(8-14)4-6-21-16)25-17(15)13-9-23-26(11-13)7-1-5-20/h2-4,6,8-11,21H,1,7H2,(H,22,24,25). The minimum Gasteiger partial charge on any atom is -0.361 e.